The van der Waals surface area contributed by atoms with Crippen molar-refractivity contribution in [2.24, 2.45) is 0 Å². The maximum atomic E-state index is 5.21. The number of hydrogen-bond donors (Lipinski definition) is 1. The van der Waals surface area contributed by atoms with Crippen LogP contribution < -0.4 is 5.32 Å². The second-order valence-corrected chi connectivity index (χ2v) is 3.70. The number of piperazine rings is 1. The molecule has 13 heavy (non-hydrogen) atoms. The minimum atomic E-state index is 0.588. The molecule has 0 aromatic carbocycles. The molecule has 1 saturated heterocycles. The number of unbranched alkanes of at least 4 members (excludes halogenated alkanes) is 1. The second kappa shape index (κ2) is 6.35. The highest BCUT2D eigenvalue weighted by Gasteiger charge is 2.20. The molecule has 0 amide bonds. The molecule has 0 aromatic rings. The molecular weight excluding hydrogens is 164 g/mol. The Morgan fingerprint density at radius 1 is 1.54 bits per heavy atom. The summed E-state index contributed by atoms with van der Waals surface area (Å²) in [6.07, 6.45) is 2.59. The number of nitrogens with one attached hydrogen (secondary N) is 1. The van der Waals surface area contributed by atoms with E-state index < -0.39 is 0 Å². The SMILES string of the molecule is CCCCN1CCNCC1COC. The maximum Gasteiger partial charge on any atom is 0.0630 e. The predicted octanol–water partition coefficient (Wildman–Crippen LogP) is 0.707. The first-order chi connectivity index (χ1) is 6.38. The van der Waals surface area contributed by atoms with Crippen LogP contribution in [0.25, 0.3) is 0 Å². The summed E-state index contributed by atoms with van der Waals surface area (Å²) in [5.74, 6) is 0. The van der Waals surface area contributed by atoms with Crippen LogP contribution in [-0.2, 0) is 4.74 Å². The van der Waals surface area contributed by atoms with Crippen LogP contribution in [0.1, 0.15) is 19.8 Å². The molecule has 1 N–H and O–H groups in total. The van der Waals surface area contributed by atoms with E-state index in [0.29, 0.717) is 6.04 Å². The van der Waals surface area contributed by atoms with Gasteiger partial charge in [-0.1, -0.05) is 13.3 Å². The Morgan fingerprint density at radius 2 is 2.38 bits per heavy atom. The van der Waals surface area contributed by atoms with Crippen molar-refractivity contribution in [3.63, 3.8) is 0 Å². The van der Waals surface area contributed by atoms with E-state index >= 15 is 0 Å². The van der Waals surface area contributed by atoms with Crippen molar-refractivity contribution in [2.45, 2.75) is 25.8 Å². The van der Waals surface area contributed by atoms with Crippen molar-refractivity contribution < 1.29 is 4.74 Å². The number of hydrogen-bond acceptors (Lipinski definition) is 3. The standard InChI is InChI=1S/C10H22N2O/c1-3-4-6-12-7-5-11-8-10(12)9-13-2/h10-11H,3-9H2,1-2H3. The number of nitrogens with zero attached hydrogens (tertiary/aromatic N) is 1. The molecule has 1 aliphatic rings. The van der Waals surface area contributed by atoms with E-state index in [1.165, 1.54) is 25.9 Å². The van der Waals surface area contributed by atoms with Gasteiger partial charge in [-0.25, -0.2) is 0 Å². The summed E-state index contributed by atoms with van der Waals surface area (Å²) in [5.41, 5.74) is 0. The molecule has 3 nitrogen and oxygen atoms in total. The minimum absolute atomic E-state index is 0.588. The summed E-state index contributed by atoms with van der Waals surface area (Å²) in [7, 11) is 1.78. The van der Waals surface area contributed by atoms with Gasteiger partial charge in [-0.15, -0.1) is 0 Å². The molecule has 1 fully saturated rings. The quantitative estimate of drug-likeness (QED) is 0.684. The molecule has 78 valence electrons. The molecule has 1 unspecified atom stereocenters. The van der Waals surface area contributed by atoms with Crippen molar-refractivity contribution in [1.29, 1.82) is 0 Å². The molecule has 0 bridgehead atoms. The first-order valence-electron chi connectivity index (χ1n) is 5.32. The van der Waals surface area contributed by atoms with Gasteiger partial charge in [-0.05, 0) is 13.0 Å². The average Bonchev–Trinajstić information content (AvgIpc) is 2.17. The third-order valence-electron chi connectivity index (χ3n) is 2.63. The van der Waals surface area contributed by atoms with Gasteiger partial charge >= 0.3 is 0 Å². The molecule has 1 rings (SSSR count). The maximum absolute atomic E-state index is 5.21. The Hall–Kier alpha value is -0.120. The second-order valence-electron chi connectivity index (χ2n) is 3.70. The van der Waals surface area contributed by atoms with Gasteiger partial charge in [0, 0.05) is 32.8 Å². The summed E-state index contributed by atoms with van der Waals surface area (Å²) >= 11 is 0. The smallest absolute Gasteiger partial charge is 0.0630 e. The van der Waals surface area contributed by atoms with Crippen molar-refractivity contribution in [3.05, 3.63) is 0 Å². The zero-order valence-corrected chi connectivity index (χ0v) is 8.88. The summed E-state index contributed by atoms with van der Waals surface area (Å²) < 4.78 is 5.21. The molecule has 1 atom stereocenters. The molecule has 0 aliphatic carbocycles. The number of ether oxygens (including phenoxy) is 1. The monoisotopic (exact) mass is 186 g/mol. The van der Waals surface area contributed by atoms with Gasteiger partial charge < -0.3 is 10.1 Å². The van der Waals surface area contributed by atoms with Gasteiger partial charge in [-0.2, -0.15) is 0 Å². The van der Waals surface area contributed by atoms with Crippen molar-refractivity contribution >= 4 is 0 Å². The normalized spacial score (nSPS) is 24.9. The zero-order valence-electron chi connectivity index (χ0n) is 8.88. The van der Waals surface area contributed by atoms with Crippen LogP contribution >= 0.6 is 0 Å². The Morgan fingerprint density at radius 3 is 3.08 bits per heavy atom. The van der Waals surface area contributed by atoms with E-state index in [-0.39, 0.29) is 0 Å². The number of methoxy groups -OCH3 is 1. The van der Waals surface area contributed by atoms with Crippen molar-refractivity contribution in [1.82, 2.24) is 10.2 Å². The Bertz CT molecular complexity index is 128. The van der Waals surface area contributed by atoms with Crippen LogP contribution in [0.2, 0.25) is 0 Å². The average molecular weight is 186 g/mol. The Labute approximate surface area is 81.4 Å². The van der Waals surface area contributed by atoms with E-state index in [1.807, 2.05) is 0 Å². The molecule has 0 radical (unpaired) electrons. The molecule has 0 spiro atoms. The summed E-state index contributed by atoms with van der Waals surface area (Å²) in [6.45, 7) is 7.71. The van der Waals surface area contributed by atoms with Gasteiger partial charge in [-0.3, -0.25) is 4.90 Å². The highest BCUT2D eigenvalue weighted by molar-refractivity contribution is 4.79. The van der Waals surface area contributed by atoms with Crippen LogP contribution in [0.5, 0.6) is 0 Å². The fourth-order valence-electron chi connectivity index (χ4n) is 1.82. The van der Waals surface area contributed by atoms with Gasteiger partial charge in [0.15, 0.2) is 0 Å². The van der Waals surface area contributed by atoms with E-state index in [4.69, 9.17) is 4.74 Å². The van der Waals surface area contributed by atoms with Gasteiger partial charge in [0.2, 0.25) is 0 Å². The van der Waals surface area contributed by atoms with Gasteiger partial charge in [0.25, 0.3) is 0 Å². The first kappa shape index (κ1) is 11.0. The van der Waals surface area contributed by atoms with E-state index in [2.05, 4.69) is 17.1 Å². The topological polar surface area (TPSA) is 24.5 Å². The van der Waals surface area contributed by atoms with Crippen molar-refractivity contribution in [3.8, 4) is 0 Å². The summed E-state index contributed by atoms with van der Waals surface area (Å²) in [6, 6.07) is 0.588. The Kier molecular flexibility index (Phi) is 5.35. The van der Waals surface area contributed by atoms with Gasteiger partial charge in [0.1, 0.15) is 0 Å². The zero-order chi connectivity index (χ0) is 9.52. The summed E-state index contributed by atoms with van der Waals surface area (Å²) in [5, 5.41) is 3.40. The van der Waals surface area contributed by atoms with E-state index in [1.54, 1.807) is 7.11 Å². The third-order valence-corrected chi connectivity index (χ3v) is 2.63. The molecule has 0 aromatic heterocycles. The molecule has 1 aliphatic heterocycles. The van der Waals surface area contributed by atoms with Crippen LogP contribution in [-0.4, -0.2) is 50.8 Å². The minimum Gasteiger partial charge on any atom is -0.383 e. The lowest BCUT2D eigenvalue weighted by Crippen LogP contribution is -2.53. The van der Waals surface area contributed by atoms with Crippen LogP contribution in [0, 0.1) is 0 Å². The lowest BCUT2D eigenvalue weighted by molar-refractivity contribution is 0.0728. The fourth-order valence-corrected chi connectivity index (χ4v) is 1.82. The molecular formula is C10H22N2O. The lowest BCUT2D eigenvalue weighted by Gasteiger charge is -2.35. The summed E-state index contributed by atoms with van der Waals surface area (Å²) in [4.78, 5) is 2.55. The first-order valence-corrected chi connectivity index (χ1v) is 5.32. The lowest BCUT2D eigenvalue weighted by atomic mass is 10.2. The predicted molar refractivity (Wildman–Crippen MR) is 55.0 cm³/mol. The van der Waals surface area contributed by atoms with E-state index in [9.17, 15) is 0 Å². The molecule has 3 heteroatoms. The van der Waals surface area contributed by atoms with E-state index in [0.717, 1.165) is 19.7 Å². The van der Waals surface area contributed by atoms with Crippen molar-refractivity contribution in [2.75, 3.05) is 39.9 Å². The Balaban J connectivity index is 2.28. The van der Waals surface area contributed by atoms with Gasteiger partial charge in [0.05, 0.1) is 6.61 Å². The highest BCUT2D eigenvalue weighted by Crippen LogP contribution is 2.05. The number of rotatable bonds is 5. The fraction of sp³-hybridized carbons (Fsp3) is 1.00. The largest absolute Gasteiger partial charge is 0.383 e. The van der Waals surface area contributed by atoms with Crippen LogP contribution in [0.15, 0.2) is 0 Å². The highest BCUT2D eigenvalue weighted by atomic mass is 16.5. The van der Waals surface area contributed by atoms with Crippen LogP contribution in [0.3, 0.4) is 0 Å². The molecule has 0 saturated carbocycles. The van der Waals surface area contributed by atoms with Crippen LogP contribution in [0.4, 0.5) is 0 Å². The third kappa shape index (κ3) is 3.63. The molecule has 1 heterocycles.